The van der Waals surface area contributed by atoms with Gasteiger partial charge in [0.15, 0.2) is 20.2 Å². The number of Topliss-reactive ketones (excluding diaryl/α,β-unsaturated/α-hetero) is 1. The number of hydrogen-bond acceptors (Lipinski definition) is 7. The molecule has 5 atom stereocenters. The molecule has 0 bridgehead atoms. The van der Waals surface area contributed by atoms with Crippen molar-refractivity contribution in [3.63, 3.8) is 0 Å². The number of carbonyl (C=O) groups excluding carboxylic acids is 1. The van der Waals surface area contributed by atoms with Crippen molar-refractivity contribution in [2.24, 2.45) is 0 Å². The van der Waals surface area contributed by atoms with Crippen molar-refractivity contribution in [1.82, 2.24) is 0 Å². The summed E-state index contributed by atoms with van der Waals surface area (Å²) in [5, 5.41) is 9.65. The number of fused-ring (bicyclic) bond motifs is 1. The SMILES string of the molecule is CO[C@]1(C)O[C@H]2[C@H](O[C@@]1(C)OC)C(=O)C(CO)=C[C@H]2O[Si](C)(C)C(C)(C)C. The van der Waals surface area contributed by atoms with E-state index in [1.807, 2.05) is 0 Å². The Morgan fingerprint density at radius 1 is 1.15 bits per heavy atom. The Morgan fingerprint density at radius 2 is 1.67 bits per heavy atom. The summed E-state index contributed by atoms with van der Waals surface area (Å²) in [6, 6.07) is 0. The number of ketones is 1. The van der Waals surface area contributed by atoms with Gasteiger partial charge in [-0.1, -0.05) is 20.8 Å². The van der Waals surface area contributed by atoms with Crippen molar-refractivity contribution in [2.45, 2.75) is 82.6 Å². The van der Waals surface area contributed by atoms with Gasteiger partial charge in [0, 0.05) is 19.8 Å². The maximum absolute atomic E-state index is 12.8. The fourth-order valence-corrected chi connectivity index (χ4v) is 4.30. The molecule has 0 radical (unpaired) electrons. The first-order valence-electron chi connectivity index (χ1n) is 9.25. The van der Waals surface area contributed by atoms with Crippen molar-refractivity contribution >= 4 is 14.1 Å². The van der Waals surface area contributed by atoms with Gasteiger partial charge in [-0.15, -0.1) is 0 Å². The van der Waals surface area contributed by atoms with E-state index in [0.29, 0.717) is 0 Å². The van der Waals surface area contributed by atoms with Crippen molar-refractivity contribution in [1.29, 1.82) is 0 Å². The van der Waals surface area contributed by atoms with Gasteiger partial charge in [0.1, 0.15) is 6.10 Å². The summed E-state index contributed by atoms with van der Waals surface area (Å²) in [6.07, 6.45) is -0.513. The molecule has 1 fully saturated rings. The lowest BCUT2D eigenvalue weighted by Gasteiger charge is -2.54. The van der Waals surface area contributed by atoms with E-state index in [1.54, 1.807) is 19.9 Å². The van der Waals surface area contributed by atoms with E-state index in [9.17, 15) is 9.90 Å². The largest absolute Gasteiger partial charge is 0.408 e. The molecule has 0 unspecified atom stereocenters. The van der Waals surface area contributed by atoms with Crippen LogP contribution in [0.25, 0.3) is 0 Å². The van der Waals surface area contributed by atoms with Crippen LogP contribution in [0.5, 0.6) is 0 Å². The van der Waals surface area contributed by atoms with Gasteiger partial charge in [0.05, 0.1) is 12.7 Å². The third-order valence-electron chi connectivity index (χ3n) is 6.29. The van der Waals surface area contributed by atoms with Crippen molar-refractivity contribution in [3.05, 3.63) is 11.6 Å². The molecule has 0 aromatic rings. The Balaban J connectivity index is 2.47. The summed E-state index contributed by atoms with van der Waals surface area (Å²) in [5.74, 6) is -2.85. The summed E-state index contributed by atoms with van der Waals surface area (Å²) in [5.41, 5.74) is 0.267. The number of carbonyl (C=O) groups is 1. The highest BCUT2D eigenvalue weighted by atomic mass is 28.4. The molecular weight excluding hydrogens is 368 g/mol. The standard InChI is InChI=1S/C19H34O7Si/c1-17(2,3)27(8,9)26-13-10-12(11-20)14(21)16-15(13)24-18(4,22-6)19(5,23-7)25-16/h10,13,15-16,20H,11H2,1-9H3/t13-,15-,16-,18-,19-/m1/s1. The van der Waals surface area contributed by atoms with Crippen LogP contribution in [0.1, 0.15) is 34.6 Å². The first kappa shape index (κ1) is 22.7. The van der Waals surface area contributed by atoms with E-state index >= 15 is 0 Å². The van der Waals surface area contributed by atoms with E-state index in [2.05, 4.69) is 33.9 Å². The fraction of sp³-hybridized carbons (Fsp3) is 0.842. The normalized spacial score (nSPS) is 37.8. The zero-order valence-corrected chi connectivity index (χ0v) is 18.9. The molecule has 0 amide bonds. The Bertz CT molecular complexity index is 612. The molecule has 8 heteroatoms. The zero-order chi connectivity index (χ0) is 20.8. The second kappa shape index (κ2) is 7.33. The predicted octanol–water partition coefficient (Wildman–Crippen LogP) is 2.39. The van der Waals surface area contributed by atoms with Crippen molar-refractivity contribution < 1.29 is 33.3 Å². The lowest BCUT2D eigenvalue weighted by Crippen LogP contribution is -2.70. The van der Waals surface area contributed by atoms with Crippen LogP contribution in [-0.2, 0) is 28.2 Å². The first-order valence-corrected chi connectivity index (χ1v) is 12.2. The minimum atomic E-state index is -2.18. The van der Waals surface area contributed by atoms with Crippen LogP contribution in [0.2, 0.25) is 18.1 Å². The molecule has 7 nitrogen and oxygen atoms in total. The topological polar surface area (TPSA) is 83.5 Å². The second-order valence-electron chi connectivity index (χ2n) is 8.98. The van der Waals surface area contributed by atoms with E-state index in [1.165, 1.54) is 14.2 Å². The van der Waals surface area contributed by atoms with Crippen LogP contribution in [0, 0.1) is 0 Å². The van der Waals surface area contributed by atoms with Gasteiger partial charge in [-0.05, 0) is 38.1 Å². The van der Waals surface area contributed by atoms with Gasteiger partial charge >= 0.3 is 0 Å². The number of aliphatic hydroxyl groups excluding tert-OH is 1. The molecule has 2 aliphatic rings. The molecule has 1 aliphatic heterocycles. The molecule has 0 saturated carbocycles. The molecule has 0 spiro atoms. The molecule has 2 rings (SSSR count). The van der Waals surface area contributed by atoms with Crippen LogP contribution in [0.3, 0.4) is 0 Å². The highest BCUT2D eigenvalue weighted by molar-refractivity contribution is 6.74. The van der Waals surface area contributed by atoms with Gasteiger partial charge in [0.25, 0.3) is 0 Å². The summed E-state index contributed by atoms with van der Waals surface area (Å²) in [7, 11) is 0.798. The van der Waals surface area contributed by atoms with Gasteiger partial charge in [-0.25, -0.2) is 0 Å². The average Bonchev–Trinajstić information content (AvgIpc) is 2.58. The number of hydrogen-bond donors (Lipinski definition) is 1. The third-order valence-corrected chi connectivity index (χ3v) is 10.8. The maximum atomic E-state index is 12.8. The summed E-state index contributed by atoms with van der Waals surface area (Å²) in [6.45, 7) is 13.7. The van der Waals surface area contributed by atoms with E-state index in [4.69, 9.17) is 23.4 Å². The predicted molar refractivity (Wildman–Crippen MR) is 103 cm³/mol. The maximum Gasteiger partial charge on any atom is 0.221 e. The number of rotatable bonds is 5. The van der Waals surface area contributed by atoms with Crippen molar-refractivity contribution in [2.75, 3.05) is 20.8 Å². The minimum absolute atomic E-state index is 0.0295. The van der Waals surface area contributed by atoms with E-state index in [0.717, 1.165) is 0 Å². The van der Waals surface area contributed by atoms with Crippen LogP contribution in [0.4, 0.5) is 0 Å². The Labute approximate surface area is 163 Å². The summed E-state index contributed by atoms with van der Waals surface area (Å²) >= 11 is 0. The molecule has 156 valence electrons. The number of ether oxygens (including phenoxy) is 4. The van der Waals surface area contributed by atoms with Gasteiger partial charge in [-0.2, -0.15) is 0 Å². The Kier molecular flexibility index (Phi) is 6.15. The lowest BCUT2D eigenvalue weighted by atomic mass is 9.88. The second-order valence-corrected chi connectivity index (χ2v) is 13.7. The number of aliphatic hydroxyl groups is 1. The average molecular weight is 403 g/mol. The smallest absolute Gasteiger partial charge is 0.221 e. The molecule has 1 N–H and O–H groups in total. The highest BCUT2D eigenvalue weighted by Crippen LogP contribution is 2.45. The van der Waals surface area contributed by atoms with Crippen molar-refractivity contribution in [3.8, 4) is 0 Å². The van der Waals surface area contributed by atoms with Crippen LogP contribution >= 0.6 is 0 Å². The summed E-state index contributed by atoms with van der Waals surface area (Å²) in [4.78, 5) is 12.8. The molecule has 27 heavy (non-hydrogen) atoms. The van der Waals surface area contributed by atoms with Crippen LogP contribution in [0.15, 0.2) is 11.6 Å². The van der Waals surface area contributed by atoms with E-state index < -0.39 is 38.2 Å². The molecule has 0 aromatic carbocycles. The summed E-state index contributed by atoms with van der Waals surface area (Å²) < 4.78 is 29.9. The first-order chi connectivity index (χ1) is 12.2. The fourth-order valence-electron chi connectivity index (χ4n) is 3.06. The Morgan fingerprint density at radius 3 is 2.11 bits per heavy atom. The van der Waals surface area contributed by atoms with Crippen LogP contribution in [-0.4, -0.2) is 69.9 Å². The highest BCUT2D eigenvalue weighted by Gasteiger charge is 2.61. The Hall–Kier alpha value is -0.613. The molecule has 0 aromatic heterocycles. The minimum Gasteiger partial charge on any atom is -0.408 e. The van der Waals surface area contributed by atoms with Crippen LogP contribution < -0.4 is 0 Å². The zero-order valence-electron chi connectivity index (χ0n) is 17.9. The molecule has 1 heterocycles. The van der Waals surface area contributed by atoms with Gasteiger partial charge < -0.3 is 28.5 Å². The monoisotopic (exact) mass is 402 g/mol. The molecule has 1 saturated heterocycles. The van der Waals surface area contributed by atoms with Gasteiger partial charge in [-0.3, -0.25) is 4.79 Å². The van der Waals surface area contributed by atoms with Gasteiger partial charge in [0.2, 0.25) is 11.6 Å². The number of methoxy groups -OCH3 is 2. The molecule has 1 aliphatic carbocycles. The quantitative estimate of drug-likeness (QED) is 0.707. The lowest BCUT2D eigenvalue weighted by molar-refractivity contribution is -0.446. The molecular formula is C19H34O7Si. The van der Waals surface area contributed by atoms with E-state index in [-0.39, 0.29) is 23.0 Å². The third kappa shape index (κ3) is 3.81.